The van der Waals surface area contributed by atoms with Crippen molar-refractivity contribution >= 4 is 23.3 Å². The molecule has 0 saturated carbocycles. The van der Waals surface area contributed by atoms with Crippen molar-refractivity contribution in [3.8, 4) is 0 Å². The molecule has 94 valence electrons. The fourth-order valence-corrected chi connectivity index (χ4v) is 2.27. The van der Waals surface area contributed by atoms with E-state index in [1.54, 1.807) is 11.1 Å². The van der Waals surface area contributed by atoms with E-state index in [1.165, 1.54) is 0 Å². The van der Waals surface area contributed by atoms with Gasteiger partial charge in [-0.3, -0.25) is 9.69 Å². The van der Waals surface area contributed by atoms with Crippen LogP contribution in [0.2, 0.25) is 0 Å². The molecule has 17 heavy (non-hydrogen) atoms. The van der Waals surface area contributed by atoms with E-state index in [0.717, 1.165) is 5.82 Å². The first-order valence-corrected chi connectivity index (χ1v) is 6.42. The zero-order valence-corrected chi connectivity index (χ0v) is 11.2. The number of amides is 1. The van der Waals surface area contributed by atoms with E-state index in [1.807, 2.05) is 10.7 Å². The molecule has 0 bridgehead atoms. The maximum absolute atomic E-state index is 11.8. The Bertz CT molecular complexity index is 416. The van der Waals surface area contributed by atoms with Crippen LogP contribution in [0.25, 0.3) is 0 Å². The Morgan fingerprint density at radius 1 is 1.47 bits per heavy atom. The van der Waals surface area contributed by atoms with Crippen LogP contribution >= 0.6 is 11.6 Å². The lowest BCUT2D eigenvalue weighted by atomic mass is 10.1. The Balaban J connectivity index is 2.28. The maximum Gasteiger partial charge on any atom is 0.229 e. The van der Waals surface area contributed by atoms with Crippen molar-refractivity contribution in [1.29, 1.82) is 0 Å². The number of aromatic nitrogens is 2. The summed E-state index contributed by atoms with van der Waals surface area (Å²) in [5.41, 5.74) is 0. The highest BCUT2D eigenvalue weighted by atomic mass is 35.5. The average molecular weight is 256 g/mol. The van der Waals surface area contributed by atoms with Gasteiger partial charge in [-0.05, 0) is 12.8 Å². The maximum atomic E-state index is 11.8. The second-order valence-electron chi connectivity index (χ2n) is 4.92. The quantitative estimate of drug-likeness (QED) is 0.778. The van der Waals surface area contributed by atoms with Gasteiger partial charge in [0.15, 0.2) is 0 Å². The zero-order chi connectivity index (χ0) is 12.6. The van der Waals surface area contributed by atoms with Crippen molar-refractivity contribution in [1.82, 2.24) is 9.78 Å². The number of carbonyl (C=O) groups excluding carboxylic acids is 1. The molecule has 1 amide bonds. The fraction of sp³-hybridized carbons (Fsp3) is 0.667. The Labute approximate surface area is 107 Å². The monoisotopic (exact) mass is 255 g/mol. The highest BCUT2D eigenvalue weighted by Crippen LogP contribution is 2.28. The van der Waals surface area contributed by atoms with Gasteiger partial charge in [0.05, 0.1) is 17.6 Å². The van der Waals surface area contributed by atoms with Gasteiger partial charge in [0, 0.05) is 19.0 Å². The molecule has 2 atom stereocenters. The third kappa shape index (κ3) is 2.32. The minimum absolute atomic E-state index is 0.0831. The molecule has 0 radical (unpaired) electrons. The van der Waals surface area contributed by atoms with Crippen LogP contribution in [0.5, 0.6) is 0 Å². The van der Waals surface area contributed by atoms with Crippen LogP contribution in [0.15, 0.2) is 12.3 Å². The molecule has 2 rings (SSSR count). The summed E-state index contributed by atoms with van der Waals surface area (Å²) in [7, 11) is 0. The summed E-state index contributed by atoms with van der Waals surface area (Å²) < 4.78 is 1.91. The van der Waals surface area contributed by atoms with Gasteiger partial charge in [0.1, 0.15) is 5.82 Å². The first kappa shape index (κ1) is 12.4. The Hall–Kier alpha value is -1.03. The molecule has 1 aliphatic rings. The van der Waals surface area contributed by atoms with Crippen LogP contribution in [-0.2, 0) is 4.79 Å². The first-order chi connectivity index (χ1) is 8.00. The van der Waals surface area contributed by atoms with E-state index in [9.17, 15) is 4.79 Å². The van der Waals surface area contributed by atoms with Crippen LogP contribution in [0, 0.1) is 5.92 Å². The SMILES string of the molecule is CC(C)C(C)n1nccc1N1CC(Cl)CC1=O. The molecule has 1 aromatic heterocycles. The molecule has 1 fully saturated rings. The number of nitrogens with zero attached hydrogens (tertiary/aromatic N) is 3. The second-order valence-corrected chi connectivity index (χ2v) is 5.54. The molecule has 0 spiro atoms. The number of hydrogen-bond acceptors (Lipinski definition) is 2. The molecule has 4 nitrogen and oxygen atoms in total. The summed E-state index contributed by atoms with van der Waals surface area (Å²) in [4.78, 5) is 13.6. The smallest absolute Gasteiger partial charge is 0.229 e. The van der Waals surface area contributed by atoms with Crippen molar-refractivity contribution in [2.75, 3.05) is 11.4 Å². The molecular formula is C12H18ClN3O. The zero-order valence-electron chi connectivity index (χ0n) is 10.4. The van der Waals surface area contributed by atoms with Gasteiger partial charge in [0.25, 0.3) is 0 Å². The van der Waals surface area contributed by atoms with Gasteiger partial charge in [-0.1, -0.05) is 13.8 Å². The van der Waals surface area contributed by atoms with E-state index >= 15 is 0 Å². The standard InChI is InChI=1S/C12H18ClN3O/c1-8(2)9(3)16-11(4-5-14-16)15-7-10(13)6-12(15)17/h4-5,8-10H,6-7H2,1-3H3. The fourth-order valence-electron chi connectivity index (χ4n) is 2.00. The number of anilines is 1. The summed E-state index contributed by atoms with van der Waals surface area (Å²) in [6.07, 6.45) is 2.16. The summed E-state index contributed by atoms with van der Waals surface area (Å²) in [6.45, 7) is 6.98. The number of rotatable bonds is 3. The highest BCUT2D eigenvalue weighted by molar-refractivity contribution is 6.24. The van der Waals surface area contributed by atoms with Gasteiger partial charge in [-0.2, -0.15) is 5.10 Å². The highest BCUT2D eigenvalue weighted by Gasteiger charge is 2.31. The predicted molar refractivity (Wildman–Crippen MR) is 68.4 cm³/mol. The molecule has 2 heterocycles. The molecule has 2 unspecified atom stereocenters. The third-order valence-electron chi connectivity index (χ3n) is 3.35. The third-order valence-corrected chi connectivity index (χ3v) is 3.65. The minimum atomic E-state index is -0.0831. The van der Waals surface area contributed by atoms with E-state index in [4.69, 9.17) is 11.6 Å². The van der Waals surface area contributed by atoms with Crippen molar-refractivity contribution in [3.63, 3.8) is 0 Å². The van der Waals surface area contributed by atoms with Crippen molar-refractivity contribution < 1.29 is 4.79 Å². The van der Waals surface area contributed by atoms with E-state index in [-0.39, 0.29) is 17.3 Å². The van der Waals surface area contributed by atoms with Crippen LogP contribution in [0.3, 0.4) is 0 Å². The second kappa shape index (κ2) is 4.69. The summed E-state index contributed by atoms with van der Waals surface area (Å²) in [5, 5.41) is 4.24. The van der Waals surface area contributed by atoms with Crippen LogP contribution < -0.4 is 4.90 Å². The first-order valence-electron chi connectivity index (χ1n) is 5.98. The number of halogens is 1. The molecule has 1 aromatic rings. The summed E-state index contributed by atoms with van der Waals surface area (Å²) >= 11 is 6.02. The largest absolute Gasteiger partial charge is 0.295 e. The van der Waals surface area contributed by atoms with Crippen molar-refractivity contribution in [2.24, 2.45) is 5.92 Å². The van der Waals surface area contributed by atoms with E-state index in [0.29, 0.717) is 18.9 Å². The van der Waals surface area contributed by atoms with Gasteiger partial charge in [0.2, 0.25) is 5.91 Å². The summed E-state index contributed by atoms with van der Waals surface area (Å²) in [6, 6.07) is 2.15. The molecule has 0 aromatic carbocycles. The number of carbonyl (C=O) groups is 1. The molecule has 0 aliphatic carbocycles. The molecule has 1 saturated heterocycles. The van der Waals surface area contributed by atoms with Crippen molar-refractivity contribution in [2.45, 2.75) is 38.6 Å². The molecule has 0 N–H and O–H groups in total. The van der Waals surface area contributed by atoms with Gasteiger partial charge in [-0.25, -0.2) is 4.68 Å². The lowest BCUT2D eigenvalue weighted by Crippen LogP contribution is -2.29. The van der Waals surface area contributed by atoms with Crippen molar-refractivity contribution in [3.05, 3.63) is 12.3 Å². The topological polar surface area (TPSA) is 38.1 Å². The molecule has 5 heteroatoms. The molecule has 1 aliphatic heterocycles. The van der Waals surface area contributed by atoms with Gasteiger partial charge < -0.3 is 0 Å². The van der Waals surface area contributed by atoms with E-state index < -0.39 is 0 Å². The average Bonchev–Trinajstić information content (AvgIpc) is 2.83. The van der Waals surface area contributed by atoms with Crippen LogP contribution in [0.1, 0.15) is 33.2 Å². The predicted octanol–water partition coefficient (Wildman–Crippen LogP) is 2.44. The number of hydrogen-bond donors (Lipinski definition) is 0. The van der Waals surface area contributed by atoms with Gasteiger partial charge >= 0.3 is 0 Å². The minimum Gasteiger partial charge on any atom is -0.295 e. The van der Waals surface area contributed by atoms with Gasteiger partial charge in [-0.15, -0.1) is 11.6 Å². The number of alkyl halides is 1. The van der Waals surface area contributed by atoms with Crippen LogP contribution in [-0.4, -0.2) is 27.6 Å². The Kier molecular flexibility index (Phi) is 3.43. The summed E-state index contributed by atoms with van der Waals surface area (Å²) in [5.74, 6) is 1.42. The Morgan fingerprint density at radius 3 is 2.71 bits per heavy atom. The molecular weight excluding hydrogens is 238 g/mol. The van der Waals surface area contributed by atoms with Crippen LogP contribution in [0.4, 0.5) is 5.82 Å². The normalized spacial score (nSPS) is 22.5. The Morgan fingerprint density at radius 2 is 2.18 bits per heavy atom. The van der Waals surface area contributed by atoms with E-state index in [2.05, 4.69) is 25.9 Å². The lowest BCUT2D eigenvalue weighted by Gasteiger charge is -2.23. The lowest BCUT2D eigenvalue weighted by molar-refractivity contribution is -0.117.